The number of carbonyl (C=O) groups excluding carboxylic acids is 1. The Morgan fingerprint density at radius 3 is 2.79 bits per heavy atom. The van der Waals surface area contributed by atoms with Gasteiger partial charge in [-0.3, -0.25) is 4.79 Å². The number of nitrogen functional groups attached to an aromatic ring is 1. The average Bonchev–Trinajstić information content (AvgIpc) is 2.40. The highest BCUT2D eigenvalue weighted by molar-refractivity contribution is 5.96. The molecule has 0 saturated heterocycles. The van der Waals surface area contributed by atoms with Crippen LogP contribution in [0, 0.1) is 6.92 Å². The maximum absolute atomic E-state index is 12.1. The molecule has 4 heteroatoms. The first-order valence-corrected chi connectivity index (χ1v) is 6.80. The SMILES string of the molecule is CCC(C)N(C)CCNC(=O)c1cccc(N)c1C. The summed E-state index contributed by atoms with van der Waals surface area (Å²) < 4.78 is 0. The van der Waals surface area contributed by atoms with E-state index >= 15 is 0 Å². The summed E-state index contributed by atoms with van der Waals surface area (Å²) in [4.78, 5) is 14.3. The molecule has 0 aliphatic heterocycles. The zero-order chi connectivity index (χ0) is 14.4. The first-order chi connectivity index (χ1) is 8.97. The Labute approximate surface area is 116 Å². The Morgan fingerprint density at radius 1 is 1.47 bits per heavy atom. The summed E-state index contributed by atoms with van der Waals surface area (Å²) in [6, 6.07) is 5.95. The Kier molecular flexibility index (Phi) is 5.83. The van der Waals surface area contributed by atoms with Crippen LogP contribution in [0.5, 0.6) is 0 Å². The van der Waals surface area contributed by atoms with Crippen LogP contribution in [0.25, 0.3) is 0 Å². The van der Waals surface area contributed by atoms with E-state index < -0.39 is 0 Å². The van der Waals surface area contributed by atoms with Gasteiger partial charge in [0.05, 0.1) is 0 Å². The highest BCUT2D eigenvalue weighted by Crippen LogP contribution is 2.15. The van der Waals surface area contributed by atoms with E-state index in [0.717, 1.165) is 18.5 Å². The van der Waals surface area contributed by atoms with E-state index in [2.05, 4.69) is 31.1 Å². The molecule has 1 aromatic carbocycles. The van der Waals surface area contributed by atoms with Gasteiger partial charge in [0.1, 0.15) is 0 Å². The predicted molar refractivity (Wildman–Crippen MR) is 80.3 cm³/mol. The van der Waals surface area contributed by atoms with Gasteiger partial charge in [0.2, 0.25) is 0 Å². The highest BCUT2D eigenvalue weighted by atomic mass is 16.1. The van der Waals surface area contributed by atoms with Crippen molar-refractivity contribution in [2.45, 2.75) is 33.2 Å². The number of hydrogen-bond donors (Lipinski definition) is 2. The van der Waals surface area contributed by atoms with Crippen molar-refractivity contribution in [1.29, 1.82) is 0 Å². The zero-order valence-corrected chi connectivity index (χ0v) is 12.4. The molecule has 0 fully saturated rings. The van der Waals surface area contributed by atoms with Crippen LogP contribution in [0.15, 0.2) is 18.2 Å². The van der Waals surface area contributed by atoms with Crippen molar-refractivity contribution >= 4 is 11.6 Å². The molecule has 1 unspecified atom stereocenters. The Morgan fingerprint density at radius 2 is 2.16 bits per heavy atom. The van der Waals surface area contributed by atoms with Gasteiger partial charge in [0.15, 0.2) is 0 Å². The van der Waals surface area contributed by atoms with Crippen LogP contribution in [0.4, 0.5) is 5.69 Å². The van der Waals surface area contributed by atoms with Crippen LogP contribution in [0.2, 0.25) is 0 Å². The van der Waals surface area contributed by atoms with E-state index in [1.54, 1.807) is 6.07 Å². The molecule has 19 heavy (non-hydrogen) atoms. The molecular formula is C15H25N3O. The molecule has 0 aromatic heterocycles. The fraction of sp³-hybridized carbons (Fsp3) is 0.533. The lowest BCUT2D eigenvalue weighted by atomic mass is 10.1. The number of anilines is 1. The lowest BCUT2D eigenvalue weighted by Gasteiger charge is -2.23. The third-order valence-electron chi connectivity index (χ3n) is 3.71. The number of nitrogens with two attached hydrogens (primary N) is 1. The van der Waals surface area contributed by atoms with Crippen LogP contribution < -0.4 is 11.1 Å². The quantitative estimate of drug-likeness (QED) is 0.772. The summed E-state index contributed by atoms with van der Waals surface area (Å²) in [5.41, 5.74) is 7.96. The molecule has 3 N–H and O–H groups in total. The second-order valence-corrected chi connectivity index (χ2v) is 5.01. The maximum atomic E-state index is 12.1. The van der Waals surface area contributed by atoms with Crippen LogP contribution in [0.3, 0.4) is 0 Å². The predicted octanol–water partition coefficient (Wildman–Crippen LogP) is 2.04. The Balaban J connectivity index is 2.50. The van der Waals surface area contributed by atoms with Gasteiger partial charge in [-0.05, 0) is 45.0 Å². The lowest BCUT2D eigenvalue weighted by molar-refractivity contribution is 0.0947. The van der Waals surface area contributed by atoms with E-state index in [-0.39, 0.29) is 5.91 Å². The second-order valence-electron chi connectivity index (χ2n) is 5.01. The van der Waals surface area contributed by atoms with E-state index in [9.17, 15) is 4.79 Å². The summed E-state index contributed by atoms with van der Waals surface area (Å²) in [6.45, 7) is 7.71. The third-order valence-corrected chi connectivity index (χ3v) is 3.71. The number of carbonyl (C=O) groups is 1. The van der Waals surface area contributed by atoms with Crippen LogP contribution in [-0.2, 0) is 0 Å². The molecule has 0 spiro atoms. The summed E-state index contributed by atoms with van der Waals surface area (Å²) in [7, 11) is 2.08. The number of benzene rings is 1. The van der Waals surface area contributed by atoms with E-state index in [4.69, 9.17) is 5.73 Å². The van der Waals surface area contributed by atoms with Gasteiger partial charge in [0, 0.05) is 30.4 Å². The van der Waals surface area contributed by atoms with Gasteiger partial charge in [-0.1, -0.05) is 13.0 Å². The molecule has 0 aliphatic rings. The van der Waals surface area contributed by atoms with Gasteiger partial charge < -0.3 is 16.0 Å². The third kappa shape index (κ3) is 4.24. The first kappa shape index (κ1) is 15.5. The number of hydrogen-bond acceptors (Lipinski definition) is 3. The maximum Gasteiger partial charge on any atom is 0.251 e. The molecule has 1 atom stereocenters. The van der Waals surface area contributed by atoms with Crippen molar-refractivity contribution in [3.05, 3.63) is 29.3 Å². The topological polar surface area (TPSA) is 58.4 Å². The van der Waals surface area contributed by atoms with E-state index in [0.29, 0.717) is 23.8 Å². The van der Waals surface area contributed by atoms with Gasteiger partial charge >= 0.3 is 0 Å². The van der Waals surface area contributed by atoms with Crippen molar-refractivity contribution in [3.8, 4) is 0 Å². The van der Waals surface area contributed by atoms with Crippen molar-refractivity contribution in [3.63, 3.8) is 0 Å². The van der Waals surface area contributed by atoms with Gasteiger partial charge in [0.25, 0.3) is 5.91 Å². The minimum absolute atomic E-state index is 0.0534. The van der Waals surface area contributed by atoms with Crippen LogP contribution in [0.1, 0.15) is 36.2 Å². The molecule has 4 nitrogen and oxygen atoms in total. The fourth-order valence-corrected chi connectivity index (χ4v) is 1.87. The van der Waals surface area contributed by atoms with Crippen LogP contribution >= 0.6 is 0 Å². The zero-order valence-electron chi connectivity index (χ0n) is 12.4. The average molecular weight is 263 g/mol. The molecule has 1 aromatic rings. The van der Waals surface area contributed by atoms with Crippen molar-refractivity contribution in [2.24, 2.45) is 0 Å². The molecule has 0 radical (unpaired) electrons. The van der Waals surface area contributed by atoms with Gasteiger partial charge in [-0.15, -0.1) is 0 Å². The number of likely N-dealkylation sites (N-methyl/N-ethyl adjacent to an activating group) is 1. The first-order valence-electron chi connectivity index (χ1n) is 6.80. The summed E-state index contributed by atoms with van der Waals surface area (Å²) in [5.74, 6) is -0.0534. The molecule has 106 valence electrons. The summed E-state index contributed by atoms with van der Waals surface area (Å²) in [6.07, 6.45) is 1.11. The molecule has 1 rings (SSSR count). The number of amides is 1. The minimum atomic E-state index is -0.0534. The normalized spacial score (nSPS) is 12.5. The fourth-order valence-electron chi connectivity index (χ4n) is 1.87. The largest absolute Gasteiger partial charge is 0.398 e. The molecule has 1 amide bonds. The standard InChI is InChI=1S/C15H25N3O/c1-5-11(2)18(4)10-9-17-15(19)13-7-6-8-14(16)12(13)3/h6-8,11H,5,9-10,16H2,1-4H3,(H,17,19). The Bertz CT molecular complexity index is 431. The second kappa shape index (κ2) is 7.14. The van der Waals surface area contributed by atoms with Crippen molar-refractivity contribution in [2.75, 3.05) is 25.9 Å². The monoisotopic (exact) mass is 263 g/mol. The number of nitrogens with zero attached hydrogens (tertiary/aromatic N) is 1. The molecular weight excluding hydrogens is 238 g/mol. The summed E-state index contributed by atoms with van der Waals surface area (Å²) in [5, 5.41) is 2.94. The number of nitrogens with one attached hydrogen (secondary N) is 1. The van der Waals surface area contributed by atoms with Gasteiger partial charge in [-0.25, -0.2) is 0 Å². The molecule has 0 aliphatic carbocycles. The molecule has 0 bridgehead atoms. The van der Waals surface area contributed by atoms with Gasteiger partial charge in [-0.2, -0.15) is 0 Å². The van der Waals surface area contributed by atoms with Crippen LogP contribution in [-0.4, -0.2) is 37.0 Å². The van der Waals surface area contributed by atoms with Crippen molar-refractivity contribution in [1.82, 2.24) is 10.2 Å². The smallest absolute Gasteiger partial charge is 0.251 e. The van der Waals surface area contributed by atoms with E-state index in [1.165, 1.54) is 0 Å². The highest BCUT2D eigenvalue weighted by Gasteiger charge is 2.11. The lowest BCUT2D eigenvalue weighted by Crippen LogP contribution is -2.37. The molecule has 0 saturated carbocycles. The Hall–Kier alpha value is -1.55. The minimum Gasteiger partial charge on any atom is -0.398 e. The van der Waals surface area contributed by atoms with E-state index in [1.807, 2.05) is 19.1 Å². The summed E-state index contributed by atoms with van der Waals surface area (Å²) >= 11 is 0. The van der Waals surface area contributed by atoms with Crippen molar-refractivity contribution < 1.29 is 4.79 Å². The molecule has 0 heterocycles. The number of rotatable bonds is 6.